The first kappa shape index (κ1) is 23.8. The molecule has 0 unspecified atom stereocenters. The number of pyridine rings is 1. The first-order valence-electron chi connectivity index (χ1n) is 11.7. The van der Waals surface area contributed by atoms with Crippen LogP contribution in [0.5, 0.6) is 0 Å². The summed E-state index contributed by atoms with van der Waals surface area (Å²) in [7, 11) is 0. The zero-order valence-electron chi connectivity index (χ0n) is 19.8. The van der Waals surface area contributed by atoms with Crippen LogP contribution >= 0.6 is 23.2 Å². The summed E-state index contributed by atoms with van der Waals surface area (Å²) >= 11 is 12.2. The van der Waals surface area contributed by atoms with Gasteiger partial charge in [0.05, 0.1) is 15.7 Å². The Bertz CT molecular complexity index is 1390. The van der Waals surface area contributed by atoms with Crippen molar-refractivity contribution in [3.63, 3.8) is 0 Å². The Morgan fingerprint density at radius 1 is 0.971 bits per heavy atom. The van der Waals surface area contributed by atoms with E-state index >= 15 is 0 Å². The van der Waals surface area contributed by atoms with Crippen LogP contribution in [-0.2, 0) is 17.9 Å². The third-order valence-corrected chi connectivity index (χ3v) is 7.28. The van der Waals surface area contributed by atoms with Crippen LogP contribution in [0.1, 0.15) is 16.8 Å². The van der Waals surface area contributed by atoms with Crippen molar-refractivity contribution in [3.05, 3.63) is 81.6 Å². The summed E-state index contributed by atoms with van der Waals surface area (Å²) in [6, 6.07) is 16.1. The molecule has 1 amide bonds. The average molecular weight is 508 g/mol. The van der Waals surface area contributed by atoms with Gasteiger partial charge in [0.15, 0.2) is 5.65 Å². The van der Waals surface area contributed by atoms with Gasteiger partial charge in [-0.05, 0) is 48.7 Å². The summed E-state index contributed by atoms with van der Waals surface area (Å²) in [5.41, 5.74) is 6.16. The average Bonchev–Trinajstić information content (AvgIpc) is 3.17. The number of carbonyl (C=O) groups excluding carboxylic acids is 1. The molecular formula is C27H27Cl2N5O. The van der Waals surface area contributed by atoms with Gasteiger partial charge in [-0.3, -0.25) is 9.69 Å². The Hall–Kier alpha value is -2.93. The number of fused-ring (bicyclic) bond motifs is 1. The first-order chi connectivity index (χ1) is 16.9. The van der Waals surface area contributed by atoms with Crippen molar-refractivity contribution in [1.29, 1.82) is 0 Å². The number of carbonyl (C=O) groups is 1. The predicted molar refractivity (Wildman–Crippen MR) is 141 cm³/mol. The molecule has 1 saturated heterocycles. The fourth-order valence-corrected chi connectivity index (χ4v) is 5.05. The molecule has 1 aliphatic heterocycles. The quantitative estimate of drug-likeness (QED) is 0.364. The topological polar surface area (TPSA) is 54.3 Å². The molecule has 0 bridgehead atoms. The summed E-state index contributed by atoms with van der Waals surface area (Å²) in [6.07, 6.45) is 1.80. The van der Waals surface area contributed by atoms with Gasteiger partial charge in [-0.15, -0.1) is 0 Å². The van der Waals surface area contributed by atoms with Gasteiger partial charge in [0.2, 0.25) is 5.91 Å². The Morgan fingerprint density at radius 2 is 1.77 bits per heavy atom. The van der Waals surface area contributed by atoms with Crippen LogP contribution < -0.4 is 0 Å². The second kappa shape index (κ2) is 9.97. The molecule has 0 N–H and O–H groups in total. The molecule has 0 spiro atoms. The van der Waals surface area contributed by atoms with E-state index in [9.17, 15) is 4.79 Å². The summed E-state index contributed by atoms with van der Waals surface area (Å²) < 4.78 is 1.74. The Morgan fingerprint density at radius 3 is 2.51 bits per heavy atom. The molecule has 0 aliphatic carbocycles. The van der Waals surface area contributed by atoms with Crippen molar-refractivity contribution >= 4 is 40.1 Å². The number of amides is 1. The highest BCUT2D eigenvalue weighted by Gasteiger charge is 2.23. The number of hydrogen-bond donors (Lipinski definition) is 0. The number of aryl methyl sites for hydroxylation is 2. The smallest absolute Gasteiger partial charge is 0.244 e. The third kappa shape index (κ3) is 5.06. The largest absolute Gasteiger partial charge is 0.339 e. The molecule has 3 heterocycles. The zero-order valence-corrected chi connectivity index (χ0v) is 21.4. The Labute approximate surface area is 215 Å². The number of hydrogen-bond acceptors (Lipinski definition) is 4. The zero-order chi connectivity index (χ0) is 24.5. The van der Waals surface area contributed by atoms with Gasteiger partial charge in [-0.25, -0.2) is 9.67 Å². The number of halogens is 2. The lowest BCUT2D eigenvalue weighted by Gasteiger charge is -2.34. The van der Waals surface area contributed by atoms with Crippen LogP contribution in [0.3, 0.4) is 0 Å². The van der Waals surface area contributed by atoms with Crippen molar-refractivity contribution in [2.45, 2.75) is 26.9 Å². The second-order valence-corrected chi connectivity index (χ2v) is 9.89. The standard InChI is InChI=1S/C27H27Cl2N5O/c1-18-4-3-5-21(14-18)22-8-9-30-27-26(22)19(2)31-34(27)17-25(35)33-12-10-32(11-13-33)16-20-6-7-23(28)24(29)15-20/h3-9,14-15H,10-13,16-17H2,1-2H3. The van der Waals surface area contributed by atoms with E-state index in [-0.39, 0.29) is 12.5 Å². The van der Waals surface area contributed by atoms with Crippen LogP contribution in [0.2, 0.25) is 10.0 Å². The van der Waals surface area contributed by atoms with E-state index in [1.54, 1.807) is 10.9 Å². The Kier molecular flexibility index (Phi) is 6.78. The minimum Gasteiger partial charge on any atom is -0.339 e. The van der Waals surface area contributed by atoms with E-state index in [0.29, 0.717) is 23.1 Å². The molecular weight excluding hydrogens is 481 g/mol. The van der Waals surface area contributed by atoms with E-state index in [1.165, 1.54) is 5.56 Å². The molecule has 0 radical (unpaired) electrons. The lowest BCUT2D eigenvalue weighted by atomic mass is 10.0. The monoisotopic (exact) mass is 507 g/mol. The number of rotatable bonds is 5. The highest BCUT2D eigenvalue weighted by molar-refractivity contribution is 6.42. The van der Waals surface area contributed by atoms with Crippen molar-refractivity contribution in [2.75, 3.05) is 26.2 Å². The molecule has 180 valence electrons. The molecule has 35 heavy (non-hydrogen) atoms. The molecule has 2 aromatic heterocycles. The lowest BCUT2D eigenvalue weighted by Crippen LogP contribution is -2.49. The van der Waals surface area contributed by atoms with Crippen LogP contribution in [0.4, 0.5) is 0 Å². The maximum Gasteiger partial charge on any atom is 0.244 e. The first-order valence-corrected chi connectivity index (χ1v) is 12.5. The van der Waals surface area contributed by atoms with E-state index in [0.717, 1.165) is 53.1 Å². The van der Waals surface area contributed by atoms with Crippen LogP contribution in [0, 0.1) is 13.8 Å². The van der Waals surface area contributed by atoms with Crippen LogP contribution in [-0.4, -0.2) is 56.7 Å². The molecule has 0 atom stereocenters. The number of piperazine rings is 1. The predicted octanol–water partition coefficient (Wildman–Crippen LogP) is 5.37. The fourth-order valence-electron chi connectivity index (χ4n) is 4.72. The van der Waals surface area contributed by atoms with Gasteiger partial charge in [-0.1, -0.05) is 59.1 Å². The third-order valence-electron chi connectivity index (χ3n) is 6.54. The van der Waals surface area contributed by atoms with Gasteiger partial charge in [-0.2, -0.15) is 5.10 Å². The second-order valence-electron chi connectivity index (χ2n) is 9.08. The molecule has 1 fully saturated rings. The Balaban J connectivity index is 1.27. The van der Waals surface area contributed by atoms with Crippen molar-refractivity contribution < 1.29 is 4.79 Å². The van der Waals surface area contributed by atoms with Crippen molar-refractivity contribution in [3.8, 4) is 11.1 Å². The van der Waals surface area contributed by atoms with E-state index in [1.807, 2.05) is 36.1 Å². The van der Waals surface area contributed by atoms with Gasteiger partial charge >= 0.3 is 0 Å². The van der Waals surface area contributed by atoms with E-state index < -0.39 is 0 Å². The number of aromatic nitrogens is 3. The van der Waals surface area contributed by atoms with Gasteiger partial charge in [0.25, 0.3) is 0 Å². The maximum absolute atomic E-state index is 13.2. The minimum absolute atomic E-state index is 0.0614. The lowest BCUT2D eigenvalue weighted by molar-refractivity contribution is -0.133. The van der Waals surface area contributed by atoms with E-state index in [2.05, 4.69) is 41.1 Å². The molecule has 0 saturated carbocycles. The highest BCUT2D eigenvalue weighted by Crippen LogP contribution is 2.30. The number of nitrogens with zero attached hydrogens (tertiary/aromatic N) is 5. The minimum atomic E-state index is 0.0614. The summed E-state index contributed by atoms with van der Waals surface area (Å²) in [4.78, 5) is 22.0. The van der Waals surface area contributed by atoms with Gasteiger partial charge < -0.3 is 4.90 Å². The highest BCUT2D eigenvalue weighted by atomic mass is 35.5. The fraction of sp³-hybridized carbons (Fsp3) is 0.296. The maximum atomic E-state index is 13.2. The van der Waals surface area contributed by atoms with Gasteiger partial charge in [0, 0.05) is 44.3 Å². The summed E-state index contributed by atoms with van der Waals surface area (Å²) in [6.45, 7) is 8.00. The van der Waals surface area contributed by atoms with E-state index in [4.69, 9.17) is 28.3 Å². The van der Waals surface area contributed by atoms with Gasteiger partial charge in [0.1, 0.15) is 6.54 Å². The summed E-state index contributed by atoms with van der Waals surface area (Å²) in [5.74, 6) is 0.0614. The normalized spacial score (nSPS) is 14.6. The molecule has 4 aromatic rings. The summed E-state index contributed by atoms with van der Waals surface area (Å²) in [5, 5.41) is 6.82. The number of benzene rings is 2. The SMILES string of the molecule is Cc1cccc(-c2ccnc3c2c(C)nn3CC(=O)N2CCN(Cc3ccc(Cl)c(Cl)c3)CC2)c1. The molecule has 5 rings (SSSR count). The molecule has 6 nitrogen and oxygen atoms in total. The molecule has 2 aromatic carbocycles. The van der Waals surface area contributed by atoms with Crippen LogP contribution in [0.15, 0.2) is 54.7 Å². The molecule has 8 heteroatoms. The molecule has 1 aliphatic rings. The van der Waals surface area contributed by atoms with Crippen LogP contribution in [0.25, 0.3) is 22.2 Å². The van der Waals surface area contributed by atoms with Crippen molar-refractivity contribution in [2.24, 2.45) is 0 Å². The van der Waals surface area contributed by atoms with Crippen molar-refractivity contribution in [1.82, 2.24) is 24.6 Å².